The first-order chi connectivity index (χ1) is 34.4. The summed E-state index contributed by atoms with van der Waals surface area (Å²) in [4.78, 5) is 29.8. The molecule has 1 aliphatic heterocycles. The first-order valence-electron chi connectivity index (χ1n) is 23.8. The summed E-state index contributed by atoms with van der Waals surface area (Å²) < 4.78 is 4.71. The summed E-state index contributed by atoms with van der Waals surface area (Å²) in [6, 6.07) is 35.0. The second kappa shape index (κ2) is 32.6. The van der Waals surface area contributed by atoms with E-state index in [0.29, 0.717) is 0 Å². The fourth-order valence-corrected chi connectivity index (χ4v) is 6.61. The van der Waals surface area contributed by atoms with E-state index in [1.807, 2.05) is 159 Å². The van der Waals surface area contributed by atoms with Crippen LogP contribution in [0.15, 0.2) is 199 Å². The molecule has 384 valence electrons. The topological polar surface area (TPSA) is 169 Å². The van der Waals surface area contributed by atoms with Crippen molar-refractivity contribution < 1.29 is 4.52 Å². The smallest absolute Gasteiger partial charge is 0.248 e. The number of H-pyrrole nitrogens is 2. The van der Waals surface area contributed by atoms with Gasteiger partial charge in [0.05, 0.1) is 58.7 Å². The van der Waals surface area contributed by atoms with Crippen LogP contribution in [-0.2, 0) is 0 Å². The maximum absolute atomic E-state index is 10.4. The number of imidazole rings is 1. The largest absolute Gasteiger partial charge is 0.361 e. The van der Waals surface area contributed by atoms with E-state index in [4.69, 9.17) is 4.52 Å². The van der Waals surface area contributed by atoms with E-state index in [9.17, 15) is 4.79 Å². The van der Waals surface area contributed by atoms with Crippen molar-refractivity contribution in [3.8, 4) is 5.69 Å². The Bertz CT molecular complexity index is 3060. The molecular formula is C60H77N11O2. The Balaban J connectivity index is 0.000000288. The second-order valence-corrected chi connectivity index (χ2v) is 17.2. The van der Waals surface area contributed by atoms with Crippen molar-refractivity contribution in [2.75, 3.05) is 6.54 Å². The van der Waals surface area contributed by atoms with Gasteiger partial charge in [-0.3, -0.25) is 14.8 Å². The predicted molar refractivity (Wildman–Crippen MR) is 303 cm³/mol. The number of azo groups is 1. The van der Waals surface area contributed by atoms with Crippen LogP contribution in [0.4, 0.5) is 0 Å². The Morgan fingerprint density at radius 1 is 0.726 bits per heavy atom. The van der Waals surface area contributed by atoms with Gasteiger partial charge in [-0.25, -0.2) is 4.98 Å². The van der Waals surface area contributed by atoms with Crippen LogP contribution in [0, 0.1) is 48.5 Å². The third kappa shape index (κ3) is 23.1. The molecule has 0 bridgehead atoms. The lowest BCUT2D eigenvalue weighted by atomic mass is 10.0. The first kappa shape index (κ1) is 60.9. The van der Waals surface area contributed by atoms with Crippen molar-refractivity contribution in [1.82, 2.24) is 45.1 Å². The molecule has 13 heteroatoms. The van der Waals surface area contributed by atoms with E-state index in [2.05, 4.69) is 104 Å². The van der Waals surface area contributed by atoms with Gasteiger partial charge in [0.25, 0.3) is 0 Å². The fourth-order valence-electron chi connectivity index (χ4n) is 6.61. The third-order valence-corrected chi connectivity index (χ3v) is 10.6. The molecule has 0 radical (unpaired) electrons. The van der Waals surface area contributed by atoms with Crippen LogP contribution < -0.4 is 5.56 Å². The molecule has 0 amide bonds. The molecule has 0 fully saturated rings. The summed E-state index contributed by atoms with van der Waals surface area (Å²) in [7, 11) is 0. The lowest BCUT2D eigenvalue weighted by Crippen LogP contribution is -2.02. The highest BCUT2D eigenvalue weighted by molar-refractivity contribution is 5.78. The Morgan fingerprint density at radius 3 is 1.81 bits per heavy atom. The van der Waals surface area contributed by atoms with Gasteiger partial charge in [0.2, 0.25) is 5.56 Å². The number of nitrogens with one attached hydrogen (secondary N) is 2. The average molecular weight is 984 g/mol. The molecule has 6 aromatic heterocycles. The Hall–Kier alpha value is -8.19. The number of fused-ring (bicyclic) bond motifs is 1. The van der Waals surface area contributed by atoms with Gasteiger partial charge in [-0.2, -0.15) is 25.2 Å². The monoisotopic (exact) mass is 984 g/mol. The summed E-state index contributed by atoms with van der Waals surface area (Å²) >= 11 is 0. The molecule has 10 rings (SSSR count). The van der Waals surface area contributed by atoms with Crippen molar-refractivity contribution in [3.05, 3.63) is 236 Å². The number of allylic oxidation sites excluding steroid dienone is 7. The van der Waals surface area contributed by atoms with E-state index in [0.717, 1.165) is 75.5 Å². The SMILES string of the molecule is C.C/C=C/c1cnc[nH]1.C=C(C)C1=C(C)CC(C)=C1C.CC1=C(C)N=NC1.Cc1cc(C)on1.Cc1ccc2ccccc2n1.Cc1cccc(=O)[nH]1.Cc1ccccn1.Cc1nn(-c2ccccc2)nc1C. The van der Waals surface area contributed by atoms with Crippen LogP contribution in [-0.4, -0.2) is 51.6 Å². The van der Waals surface area contributed by atoms with Gasteiger partial charge in [0.15, 0.2) is 0 Å². The number of aromatic amines is 2. The van der Waals surface area contributed by atoms with Crippen molar-refractivity contribution >= 4 is 17.0 Å². The molecule has 2 aromatic carbocycles. The van der Waals surface area contributed by atoms with Crippen LogP contribution in [0.2, 0.25) is 0 Å². The zero-order valence-corrected chi connectivity index (χ0v) is 44.7. The molecule has 0 saturated carbocycles. The number of hydrogen-bond acceptors (Lipinski definition) is 10. The van der Waals surface area contributed by atoms with Gasteiger partial charge in [-0.05, 0) is 169 Å². The molecule has 73 heavy (non-hydrogen) atoms. The highest BCUT2D eigenvalue weighted by atomic mass is 16.5. The quantitative estimate of drug-likeness (QED) is 0.176. The van der Waals surface area contributed by atoms with Gasteiger partial charge in [0.1, 0.15) is 5.76 Å². The summed E-state index contributed by atoms with van der Waals surface area (Å²) in [5.74, 6) is 0.873. The molecular weight excluding hydrogens is 907 g/mol. The molecule has 13 nitrogen and oxygen atoms in total. The van der Waals surface area contributed by atoms with Gasteiger partial charge in [-0.1, -0.05) is 96.6 Å². The number of nitrogens with zero attached hydrogens (tertiary/aromatic N) is 9. The van der Waals surface area contributed by atoms with E-state index >= 15 is 0 Å². The third-order valence-electron chi connectivity index (χ3n) is 10.6. The lowest BCUT2D eigenvalue weighted by Gasteiger charge is -2.04. The molecule has 0 saturated heterocycles. The van der Waals surface area contributed by atoms with Crippen LogP contribution >= 0.6 is 0 Å². The summed E-state index contributed by atoms with van der Waals surface area (Å²) in [5, 5.41) is 21.0. The average Bonchev–Trinajstić information content (AvgIpc) is 4.21. The summed E-state index contributed by atoms with van der Waals surface area (Å²) in [6.07, 6.45) is 10.3. The molecule has 0 atom stereocenters. The van der Waals surface area contributed by atoms with Gasteiger partial charge in [-0.15, -0.1) is 0 Å². The number of aryl methyl sites for hydroxylation is 7. The molecule has 0 spiro atoms. The van der Waals surface area contributed by atoms with Crippen LogP contribution in [0.5, 0.6) is 0 Å². The van der Waals surface area contributed by atoms with Gasteiger partial charge < -0.3 is 14.5 Å². The number of para-hydroxylation sites is 2. The number of aromatic nitrogens is 9. The highest BCUT2D eigenvalue weighted by Crippen LogP contribution is 2.34. The van der Waals surface area contributed by atoms with Gasteiger partial charge >= 0.3 is 0 Å². The van der Waals surface area contributed by atoms with E-state index in [1.165, 1.54) is 44.9 Å². The molecule has 7 heterocycles. The van der Waals surface area contributed by atoms with E-state index < -0.39 is 0 Å². The van der Waals surface area contributed by atoms with E-state index in [1.54, 1.807) is 29.6 Å². The standard InChI is InChI=1S/C11H16.C10H11N3.C10H9N.C6H8N2.C6H7NO.C6H7N.C5H8N2.C5H7NO.CH4/c1-7(2)11-9(4)6-8(3)10(11)5;1-8-9(2)12-13(11-8)10-6-4-3-5-7-10;1-8-6-7-9-4-2-3-5-10(9)11-8;1-2-3-6-4-7-5-8-6;1-5-3-2-4-6(8)7-5;1-6-4-2-3-5-7-6;1-4-3-6-7-5(4)2;1-4-3-5(2)7-6-4;/h1,6H2,2-5H3;3-7H,1-2H3;2-7H,1H3;2-5H,1H3,(H,7,8);2-4H,1H3,(H,7,8);2-5H,1H3;3H2,1-2H3;3H,1-2H3;1H4/b;;;3-2+;;;;;. The predicted octanol–water partition coefficient (Wildman–Crippen LogP) is 15.2. The minimum atomic E-state index is -0.0370. The zero-order chi connectivity index (χ0) is 53.0. The normalized spacial score (nSPS) is 11.9. The molecule has 1 aliphatic carbocycles. The Labute approximate surface area is 433 Å². The minimum absolute atomic E-state index is 0. The highest BCUT2D eigenvalue weighted by Gasteiger charge is 2.15. The van der Waals surface area contributed by atoms with Crippen molar-refractivity contribution in [2.24, 2.45) is 10.2 Å². The second-order valence-electron chi connectivity index (χ2n) is 17.2. The van der Waals surface area contributed by atoms with E-state index in [-0.39, 0.29) is 13.0 Å². The molecule has 0 unspecified atom stereocenters. The number of pyridine rings is 3. The molecule has 2 aliphatic rings. The van der Waals surface area contributed by atoms with Crippen LogP contribution in [0.25, 0.3) is 22.7 Å². The van der Waals surface area contributed by atoms with Crippen LogP contribution in [0.3, 0.4) is 0 Å². The van der Waals surface area contributed by atoms with Crippen molar-refractivity contribution in [3.63, 3.8) is 0 Å². The minimum Gasteiger partial charge on any atom is -0.361 e. The van der Waals surface area contributed by atoms with Crippen LogP contribution in [0.1, 0.15) is 108 Å². The maximum atomic E-state index is 10.4. The fraction of sp³-hybridized carbons (Fsp3) is 0.283. The van der Waals surface area contributed by atoms with Crippen molar-refractivity contribution in [1.29, 1.82) is 0 Å². The molecule has 2 N–H and O–H groups in total. The zero-order valence-electron chi connectivity index (χ0n) is 44.7. The number of rotatable bonds is 3. The first-order valence-corrected chi connectivity index (χ1v) is 23.8. The maximum Gasteiger partial charge on any atom is 0.248 e. The summed E-state index contributed by atoms with van der Waals surface area (Å²) in [5.41, 5.74) is 18.4. The Morgan fingerprint density at radius 2 is 1.40 bits per heavy atom. The lowest BCUT2D eigenvalue weighted by molar-refractivity contribution is 0.393. The Kier molecular flexibility index (Phi) is 27.3. The van der Waals surface area contributed by atoms with Crippen molar-refractivity contribution in [2.45, 2.75) is 111 Å². The van der Waals surface area contributed by atoms with Gasteiger partial charge in [0, 0.05) is 40.8 Å². The number of benzene rings is 2. The number of hydrogen-bond donors (Lipinski definition) is 2. The summed E-state index contributed by atoms with van der Waals surface area (Å²) in [6.45, 7) is 33.0. The molecule has 8 aromatic rings.